The van der Waals surface area contributed by atoms with Gasteiger partial charge in [-0.2, -0.15) is 0 Å². The minimum atomic E-state index is -0.252. The largest absolute Gasteiger partial charge is 0.352 e. The first-order valence-electron chi connectivity index (χ1n) is 9.23. The Morgan fingerprint density at radius 2 is 1.74 bits per heavy atom. The third kappa shape index (κ3) is 5.54. The zero-order chi connectivity index (χ0) is 19.1. The number of nitrogens with zero attached hydrogens (tertiary/aromatic N) is 1. The lowest BCUT2D eigenvalue weighted by molar-refractivity contribution is -0.122. The molecule has 1 amide bonds. The Morgan fingerprint density at radius 3 is 2.33 bits per heavy atom. The summed E-state index contributed by atoms with van der Waals surface area (Å²) < 4.78 is 13.2. The molecule has 142 valence electrons. The smallest absolute Gasteiger partial charge is 0.227 e. The number of carbonyl (C=O) groups excluding carboxylic acids is 1. The molecular weight excluding hydrogens is 343 g/mol. The summed E-state index contributed by atoms with van der Waals surface area (Å²) >= 11 is 0. The zero-order valence-electron chi connectivity index (χ0n) is 15.5. The molecule has 0 unspecified atom stereocenters. The third-order valence-corrected chi connectivity index (χ3v) is 4.70. The van der Waals surface area contributed by atoms with Crippen molar-refractivity contribution in [2.45, 2.75) is 32.4 Å². The van der Waals surface area contributed by atoms with E-state index in [4.69, 9.17) is 0 Å². The van der Waals surface area contributed by atoms with E-state index in [2.05, 4.69) is 20.9 Å². The number of guanidine groups is 1. The Balaban J connectivity index is 1.50. The maximum atomic E-state index is 13.2. The van der Waals surface area contributed by atoms with E-state index in [0.717, 1.165) is 36.1 Å². The fourth-order valence-electron chi connectivity index (χ4n) is 2.91. The van der Waals surface area contributed by atoms with E-state index in [1.165, 1.54) is 12.1 Å². The van der Waals surface area contributed by atoms with Gasteiger partial charge in [-0.25, -0.2) is 4.39 Å². The van der Waals surface area contributed by atoms with Crippen molar-refractivity contribution in [2.75, 3.05) is 12.4 Å². The van der Waals surface area contributed by atoms with Crippen molar-refractivity contribution in [1.82, 2.24) is 10.6 Å². The van der Waals surface area contributed by atoms with E-state index < -0.39 is 0 Å². The van der Waals surface area contributed by atoms with Crippen LogP contribution in [-0.2, 0) is 17.9 Å². The lowest BCUT2D eigenvalue weighted by Gasteiger charge is -2.24. The lowest BCUT2D eigenvalue weighted by atomic mass is 9.85. The number of halogens is 1. The van der Waals surface area contributed by atoms with Gasteiger partial charge in [0.05, 0.1) is 0 Å². The van der Waals surface area contributed by atoms with Gasteiger partial charge in [-0.1, -0.05) is 30.7 Å². The molecule has 0 heterocycles. The number of amides is 1. The van der Waals surface area contributed by atoms with Gasteiger partial charge in [-0.3, -0.25) is 9.79 Å². The zero-order valence-corrected chi connectivity index (χ0v) is 15.5. The van der Waals surface area contributed by atoms with E-state index in [1.807, 2.05) is 30.3 Å². The van der Waals surface area contributed by atoms with Crippen LogP contribution in [0.3, 0.4) is 0 Å². The first-order valence-corrected chi connectivity index (χ1v) is 9.23. The van der Waals surface area contributed by atoms with E-state index in [9.17, 15) is 9.18 Å². The molecule has 3 rings (SSSR count). The maximum Gasteiger partial charge on any atom is 0.227 e. The van der Waals surface area contributed by atoms with Crippen molar-refractivity contribution in [1.29, 1.82) is 0 Å². The molecule has 1 saturated carbocycles. The summed E-state index contributed by atoms with van der Waals surface area (Å²) in [6.45, 7) is 1.05. The van der Waals surface area contributed by atoms with E-state index >= 15 is 0 Å². The highest BCUT2D eigenvalue weighted by molar-refractivity contribution is 5.93. The molecule has 1 fully saturated rings. The van der Waals surface area contributed by atoms with Crippen LogP contribution in [0.4, 0.5) is 10.1 Å². The van der Waals surface area contributed by atoms with Crippen LogP contribution in [0.2, 0.25) is 0 Å². The summed E-state index contributed by atoms with van der Waals surface area (Å²) in [6, 6.07) is 14.2. The summed E-state index contributed by atoms with van der Waals surface area (Å²) in [7, 11) is 1.69. The van der Waals surface area contributed by atoms with Crippen molar-refractivity contribution in [3.63, 3.8) is 0 Å². The average molecular weight is 368 g/mol. The molecule has 0 spiro atoms. The number of nitrogens with one attached hydrogen (secondary N) is 3. The highest BCUT2D eigenvalue weighted by atomic mass is 19.1. The highest BCUT2D eigenvalue weighted by Crippen LogP contribution is 2.27. The fourth-order valence-corrected chi connectivity index (χ4v) is 2.91. The normalized spacial score (nSPS) is 14.4. The van der Waals surface area contributed by atoms with Crippen molar-refractivity contribution < 1.29 is 9.18 Å². The van der Waals surface area contributed by atoms with Crippen LogP contribution in [-0.4, -0.2) is 18.9 Å². The van der Waals surface area contributed by atoms with Crippen molar-refractivity contribution in [3.8, 4) is 0 Å². The van der Waals surface area contributed by atoms with Gasteiger partial charge < -0.3 is 16.0 Å². The molecule has 3 N–H and O–H groups in total. The minimum absolute atomic E-state index is 0.110. The van der Waals surface area contributed by atoms with Crippen LogP contribution in [0.1, 0.15) is 30.4 Å². The molecule has 0 saturated heterocycles. The summed E-state index contributed by atoms with van der Waals surface area (Å²) in [6.07, 6.45) is 3.12. The van der Waals surface area contributed by atoms with Crippen LogP contribution in [0.25, 0.3) is 0 Å². The molecule has 0 bridgehead atoms. The Kier molecular flexibility index (Phi) is 6.41. The molecule has 1 aliphatic rings. The Hall–Kier alpha value is -2.89. The van der Waals surface area contributed by atoms with Crippen LogP contribution in [0.15, 0.2) is 53.5 Å². The monoisotopic (exact) mass is 368 g/mol. The molecular formula is C21H25FN4O. The number of hydrogen-bond donors (Lipinski definition) is 3. The van der Waals surface area contributed by atoms with Gasteiger partial charge in [-0.15, -0.1) is 0 Å². The predicted molar refractivity (Wildman–Crippen MR) is 106 cm³/mol. The Morgan fingerprint density at radius 1 is 1.07 bits per heavy atom. The van der Waals surface area contributed by atoms with Gasteiger partial charge in [0.25, 0.3) is 0 Å². The standard InChI is InChI=1S/C21H25FN4O/c1-23-21(24-13-15-5-2-9-18(22)11-15)25-14-16-6-3-10-19(12-16)26-20(27)17-7-4-8-17/h2-3,5-6,9-12,17H,4,7-8,13-14H2,1H3,(H,26,27)(H2,23,24,25). The summed E-state index contributed by atoms with van der Waals surface area (Å²) in [5.74, 6) is 0.651. The SMILES string of the molecule is CN=C(NCc1cccc(F)c1)NCc1cccc(NC(=O)C2CCC2)c1. The second-order valence-electron chi connectivity index (χ2n) is 6.73. The molecule has 5 nitrogen and oxygen atoms in total. The third-order valence-electron chi connectivity index (χ3n) is 4.70. The van der Waals surface area contributed by atoms with Gasteiger partial charge in [0.15, 0.2) is 5.96 Å². The molecule has 1 aliphatic carbocycles. The molecule has 0 aliphatic heterocycles. The Bertz CT molecular complexity index is 817. The van der Waals surface area contributed by atoms with E-state index in [1.54, 1.807) is 13.1 Å². The maximum absolute atomic E-state index is 13.2. The lowest BCUT2D eigenvalue weighted by Crippen LogP contribution is -2.36. The number of carbonyl (C=O) groups is 1. The second kappa shape index (κ2) is 9.16. The summed E-state index contributed by atoms with van der Waals surface area (Å²) in [4.78, 5) is 16.3. The summed E-state index contributed by atoms with van der Waals surface area (Å²) in [5, 5.41) is 9.38. The molecule has 2 aromatic carbocycles. The van der Waals surface area contributed by atoms with Crippen LogP contribution >= 0.6 is 0 Å². The second-order valence-corrected chi connectivity index (χ2v) is 6.73. The molecule has 0 aromatic heterocycles. The van der Waals surface area contributed by atoms with Crippen LogP contribution in [0, 0.1) is 11.7 Å². The van der Waals surface area contributed by atoms with E-state index in [0.29, 0.717) is 19.0 Å². The first-order chi connectivity index (χ1) is 13.1. The van der Waals surface area contributed by atoms with Gasteiger partial charge in [0.1, 0.15) is 5.82 Å². The average Bonchev–Trinajstić information content (AvgIpc) is 2.61. The minimum Gasteiger partial charge on any atom is -0.352 e. The van der Waals surface area contributed by atoms with Crippen molar-refractivity contribution >= 4 is 17.6 Å². The fraction of sp³-hybridized carbons (Fsp3) is 0.333. The topological polar surface area (TPSA) is 65.5 Å². The number of anilines is 1. The molecule has 2 aromatic rings. The van der Waals surface area contributed by atoms with Gasteiger partial charge in [0.2, 0.25) is 5.91 Å². The van der Waals surface area contributed by atoms with Crippen molar-refractivity contribution in [3.05, 3.63) is 65.5 Å². The van der Waals surface area contributed by atoms with Gasteiger partial charge in [-0.05, 0) is 48.2 Å². The highest BCUT2D eigenvalue weighted by Gasteiger charge is 2.25. The number of benzene rings is 2. The molecule has 6 heteroatoms. The Labute approximate surface area is 159 Å². The summed E-state index contributed by atoms with van der Waals surface area (Å²) in [5.41, 5.74) is 2.70. The van der Waals surface area contributed by atoms with Crippen molar-refractivity contribution in [2.24, 2.45) is 10.9 Å². The predicted octanol–water partition coefficient (Wildman–Crippen LogP) is 3.43. The molecule has 0 radical (unpaired) electrons. The van der Waals surface area contributed by atoms with Gasteiger partial charge in [0, 0.05) is 31.7 Å². The number of aliphatic imine (C=N–C) groups is 1. The first kappa shape index (κ1) is 18.9. The van der Waals surface area contributed by atoms with E-state index in [-0.39, 0.29) is 17.6 Å². The number of rotatable bonds is 6. The van der Waals surface area contributed by atoms with Crippen LogP contribution < -0.4 is 16.0 Å². The quantitative estimate of drug-likeness (QED) is 0.541. The number of hydrogen-bond acceptors (Lipinski definition) is 2. The molecule has 0 atom stereocenters. The van der Waals surface area contributed by atoms with Gasteiger partial charge >= 0.3 is 0 Å². The molecule has 27 heavy (non-hydrogen) atoms. The van der Waals surface area contributed by atoms with Crippen LogP contribution in [0.5, 0.6) is 0 Å².